The first-order valence-corrected chi connectivity index (χ1v) is 10.8. The van der Waals surface area contributed by atoms with Crippen molar-refractivity contribution < 1.29 is 0 Å². The zero-order valence-corrected chi connectivity index (χ0v) is 19.0. The number of aryl methyl sites for hydroxylation is 3. The van der Waals surface area contributed by atoms with Gasteiger partial charge in [-0.2, -0.15) is 9.97 Å². The minimum Gasteiger partial charge on any atom is -0.382 e. The molecule has 8 nitrogen and oxygen atoms in total. The fourth-order valence-electron chi connectivity index (χ4n) is 3.98. The third-order valence-electron chi connectivity index (χ3n) is 5.52. The fraction of sp³-hybridized carbons (Fsp3) is 0.200. The van der Waals surface area contributed by atoms with Crippen LogP contribution in [0.2, 0.25) is 0 Å². The summed E-state index contributed by atoms with van der Waals surface area (Å²) in [6.07, 6.45) is 3.41. The first kappa shape index (κ1) is 22.0. The number of hydrogen-bond donors (Lipinski definition) is 3. The molecule has 5 rings (SSSR count). The van der Waals surface area contributed by atoms with Gasteiger partial charge in [-0.15, -0.1) is 0 Å². The molecule has 0 unspecified atom stereocenters. The van der Waals surface area contributed by atoms with Crippen molar-refractivity contribution >= 4 is 33.7 Å². The van der Waals surface area contributed by atoms with Crippen molar-refractivity contribution in [2.75, 3.05) is 11.5 Å². The number of H-pyrrole nitrogens is 1. The lowest BCUT2D eigenvalue weighted by atomic mass is 10.0. The van der Waals surface area contributed by atoms with E-state index in [1.807, 2.05) is 47.9 Å². The summed E-state index contributed by atoms with van der Waals surface area (Å²) in [4.78, 5) is 27.4. The SMILES string of the molecule is CCCc1cc2cccc(C)c2c(=O)n1-c1ccccc1C.Nc1nc(N)c2[nH]cnc2n1. The molecule has 2 aromatic carbocycles. The van der Waals surface area contributed by atoms with Crippen molar-refractivity contribution in [2.45, 2.75) is 33.6 Å². The van der Waals surface area contributed by atoms with E-state index in [2.05, 4.69) is 45.9 Å². The van der Waals surface area contributed by atoms with Crippen LogP contribution in [0, 0.1) is 13.8 Å². The van der Waals surface area contributed by atoms with Gasteiger partial charge in [0.1, 0.15) is 5.52 Å². The van der Waals surface area contributed by atoms with Gasteiger partial charge in [0.25, 0.3) is 5.56 Å². The van der Waals surface area contributed by atoms with E-state index in [1.165, 1.54) is 6.33 Å². The van der Waals surface area contributed by atoms with Crippen LogP contribution in [0.25, 0.3) is 27.6 Å². The van der Waals surface area contributed by atoms with Gasteiger partial charge in [-0.25, -0.2) is 4.98 Å². The molecule has 0 fully saturated rings. The van der Waals surface area contributed by atoms with Crippen molar-refractivity contribution in [3.05, 3.63) is 82.0 Å². The van der Waals surface area contributed by atoms with Crippen LogP contribution in [0.3, 0.4) is 0 Å². The quantitative estimate of drug-likeness (QED) is 0.387. The van der Waals surface area contributed by atoms with Crippen molar-refractivity contribution in [2.24, 2.45) is 0 Å². The molecule has 0 spiro atoms. The highest BCUT2D eigenvalue weighted by molar-refractivity contribution is 5.85. The maximum Gasteiger partial charge on any atom is 0.263 e. The van der Waals surface area contributed by atoms with Crippen LogP contribution in [-0.2, 0) is 6.42 Å². The maximum absolute atomic E-state index is 13.2. The fourth-order valence-corrected chi connectivity index (χ4v) is 3.98. The van der Waals surface area contributed by atoms with E-state index >= 15 is 0 Å². The molecule has 0 amide bonds. The summed E-state index contributed by atoms with van der Waals surface area (Å²) in [5.41, 5.74) is 16.3. The number of benzene rings is 2. The summed E-state index contributed by atoms with van der Waals surface area (Å²) in [6.45, 7) is 6.21. The minimum atomic E-state index is 0.0911. The lowest BCUT2D eigenvalue weighted by Crippen LogP contribution is -2.23. The number of nitrogens with zero attached hydrogens (tertiary/aromatic N) is 4. The second-order valence-electron chi connectivity index (χ2n) is 7.92. The number of pyridine rings is 1. The third kappa shape index (κ3) is 4.27. The maximum atomic E-state index is 13.2. The Hall–Kier alpha value is -4.20. The molecule has 5 aromatic rings. The van der Waals surface area contributed by atoms with Crippen molar-refractivity contribution in [3.63, 3.8) is 0 Å². The lowest BCUT2D eigenvalue weighted by Gasteiger charge is -2.17. The lowest BCUT2D eigenvalue weighted by molar-refractivity contribution is 0.814. The molecule has 0 aliphatic rings. The average Bonchev–Trinajstić information content (AvgIpc) is 3.24. The highest BCUT2D eigenvalue weighted by Gasteiger charge is 2.13. The number of aromatic nitrogens is 5. The molecule has 0 aliphatic carbocycles. The predicted octanol–water partition coefficient (Wildman–Crippen LogP) is 4.08. The summed E-state index contributed by atoms with van der Waals surface area (Å²) in [5, 5.41) is 1.86. The van der Waals surface area contributed by atoms with Gasteiger partial charge < -0.3 is 16.5 Å². The smallest absolute Gasteiger partial charge is 0.263 e. The Labute approximate surface area is 191 Å². The summed E-state index contributed by atoms with van der Waals surface area (Å²) < 4.78 is 1.90. The summed E-state index contributed by atoms with van der Waals surface area (Å²) in [7, 11) is 0. The molecule has 0 saturated heterocycles. The van der Waals surface area contributed by atoms with Crippen molar-refractivity contribution in [3.8, 4) is 5.69 Å². The molecule has 8 heteroatoms. The molecular weight excluding hydrogens is 414 g/mol. The summed E-state index contributed by atoms with van der Waals surface area (Å²) in [6, 6.07) is 16.3. The van der Waals surface area contributed by atoms with E-state index in [9.17, 15) is 4.79 Å². The second-order valence-corrected chi connectivity index (χ2v) is 7.92. The number of nitrogens with two attached hydrogens (primary N) is 2. The molecule has 3 aromatic heterocycles. The molecular formula is C25H27N7O. The molecule has 0 saturated carbocycles. The van der Waals surface area contributed by atoms with E-state index in [-0.39, 0.29) is 11.5 Å². The normalized spacial score (nSPS) is 10.9. The van der Waals surface area contributed by atoms with Gasteiger partial charge in [0.05, 0.1) is 17.4 Å². The highest BCUT2D eigenvalue weighted by atomic mass is 16.1. The van der Waals surface area contributed by atoms with Crippen LogP contribution in [0.15, 0.2) is 59.7 Å². The Balaban J connectivity index is 0.000000196. The number of rotatable bonds is 3. The number of anilines is 2. The molecule has 168 valence electrons. The largest absolute Gasteiger partial charge is 0.382 e. The van der Waals surface area contributed by atoms with Crippen LogP contribution in [0.4, 0.5) is 11.8 Å². The van der Waals surface area contributed by atoms with Gasteiger partial charge in [-0.1, -0.05) is 49.7 Å². The van der Waals surface area contributed by atoms with Gasteiger partial charge in [0.2, 0.25) is 5.95 Å². The number of para-hydroxylation sites is 1. The third-order valence-corrected chi connectivity index (χ3v) is 5.52. The van der Waals surface area contributed by atoms with Gasteiger partial charge in [-0.05, 0) is 48.9 Å². The van der Waals surface area contributed by atoms with E-state index in [0.717, 1.165) is 46.1 Å². The number of aromatic amines is 1. The standard InChI is InChI=1S/C20H21NO.C5H6N6/c1-4-8-17-13-16-11-7-10-15(3)19(16)20(22)21(17)18-12-6-5-9-14(18)2;6-3-2-4(9-1-8-2)11-5(7)10-3/h5-7,9-13H,4,8H2,1-3H3;1H,(H5,6,7,8,9,10,11). The van der Waals surface area contributed by atoms with E-state index < -0.39 is 0 Å². The van der Waals surface area contributed by atoms with Crippen LogP contribution in [-0.4, -0.2) is 24.5 Å². The van der Waals surface area contributed by atoms with Gasteiger partial charge in [0, 0.05) is 5.69 Å². The number of nitrogens with one attached hydrogen (secondary N) is 1. The highest BCUT2D eigenvalue weighted by Crippen LogP contribution is 2.21. The first-order chi connectivity index (χ1) is 15.9. The van der Waals surface area contributed by atoms with Crippen molar-refractivity contribution in [1.29, 1.82) is 0 Å². The van der Waals surface area contributed by atoms with Gasteiger partial charge in [-0.3, -0.25) is 9.36 Å². The molecule has 0 atom stereocenters. The van der Waals surface area contributed by atoms with Crippen molar-refractivity contribution in [1.82, 2.24) is 24.5 Å². The number of imidazole rings is 1. The Morgan fingerprint density at radius 1 is 1.00 bits per heavy atom. The summed E-state index contributed by atoms with van der Waals surface area (Å²) >= 11 is 0. The van der Waals surface area contributed by atoms with Crippen LogP contribution < -0.4 is 17.0 Å². The Morgan fingerprint density at radius 2 is 1.76 bits per heavy atom. The van der Waals surface area contributed by atoms with E-state index in [1.54, 1.807) is 0 Å². The monoisotopic (exact) mass is 441 g/mol. The minimum absolute atomic E-state index is 0.0911. The number of nitrogen functional groups attached to an aromatic ring is 2. The molecule has 33 heavy (non-hydrogen) atoms. The zero-order valence-electron chi connectivity index (χ0n) is 19.0. The number of hydrogen-bond acceptors (Lipinski definition) is 6. The average molecular weight is 442 g/mol. The molecule has 5 N–H and O–H groups in total. The molecule has 0 radical (unpaired) electrons. The van der Waals surface area contributed by atoms with Gasteiger partial charge >= 0.3 is 0 Å². The number of fused-ring (bicyclic) bond motifs is 2. The van der Waals surface area contributed by atoms with Gasteiger partial charge in [0.15, 0.2) is 11.5 Å². The van der Waals surface area contributed by atoms with E-state index in [4.69, 9.17) is 11.5 Å². The van der Waals surface area contributed by atoms with Crippen LogP contribution >= 0.6 is 0 Å². The predicted molar refractivity (Wildman–Crippen MR) is 134 cm³/mol. The molecule has 0 bridgehead atoms. The molecule has 0 aliphatic heterocycles. The first-order valence-electron chi connectivity index (χ1n) is 10.8. The van der Waals surface area contributed by atoms with Crippen LogP contribution in [0.1, 0.15) is 30.2 Å². The second kappa shape index (κ2) is 9.12. The Bertz CT molecular complexity index is 1500. The molecule has 3 heterocycles. The Morgan fingerprint density at radius 3 is 2.52 bits per heavy atom. The van der Waals surface area contributed by atoms with Crippen LogP contribution in [0.5, 0.6) is 0 Å². The van der Waals surface area contributed by atoms with E-state index in [0.29, 0.717) is 17.0 Å². The Kier molecular flexibility index (Phi) is 6.08. The zero-order chi connectivity index (χ0) is 23.5. The summed E-state index contributed by atoms with van der Waals surface area (Å²) in [5.74, 6) is 0.465. The topological polar surface area (TPSA) is 128 Å².